The third kappa shape index (κ3) is 2.04. The zero-order valence-electron chi connectivity index (χ0n) is 11.4. The van der Waals surface area contributed by atoms with Gasteiger partial charge in [0.05, 0.1) is 7.11 Å². The zero-order valence-corrected chi connectivity index (χ0v) is 11.4. The van der Waals surface area contributed by atoms with Gasteiger partial charge >= 0.3 is 0 Å². The first-order valence-electron chi connectivity index (χ1n) is 6.97. The van der Waals surface area contributed by atoms with Crippen LogP contribution in [0.4, 0.5) is 0 Å². The van der Waals surface area contributed by atoms with E-state index in [2.05, 4.69) is 12.1 Å². The molecule has 1 aliphatic carbocycles. The third-order valence-electron chi connectivity index (χ3n) is 4.47. The fourth-order valence-electron chi connectivity index (χ4n) is 3.28. The number of fused-ring (bicyclic) bond motifs is 1. The summed E-state index contributed by atoms with van der Waals surface area (Å²) >= 11 is 0. The molecule has 1 aromatic carbocycles. The lowest BCUT2D eigenvalue weighted by molar-refractivity contribution is 0.171. The molecule has 1 saturated carbocycles. The second kappa shape index (κ2) is 4.93. The van der Waals surface area contributed by atoms with Gasteiger partial charge in [0.1, 0.15) is 0 Å². The number of hydrogen-bond donors (Lipinski definition) is 1. The molecule has 0 aromatic heterocycles. The molecule has 0 atom stereocenters. The SMILES string of the molecule is COc1cc(C2(CN)CCCCC2)cc2c1OCO2. The van der Waals surface area contributed by atoms with Gasteiger partial charge in [-0.2, -0.15) is 0 Å². The van der Waals surface area contributed by atoms with Crippen molar-refractivity contribution in [2.75, 3.05) is 20.4 Å². The minimum atomic E-state index is 0.0759. The van der Waals surface area contributed by atoms with E-state index in [1.165, 1.54) is 24.8 Å². The molecule has 1 aliphatic heterocycles. The summed E-state index contributed by atoms with van der Waals surface area (Å²) in [4.78, 5) is 0. The molecule has 19 heavy (non-hydrogen) atoms. The Morgan fingerprint density at radius 1 is 1.21 bits per heavy atom. The highest BCUT2D eigenvalue weighted by Gasteiger charge is 2.35. The molecule has 4 heteroatoms. The first-order valence-corrected chi connectivity index (χ1v) is 6.97. The van der Waals surface area contributed by atoms with Crippen molar-refractivity contribution in [1.82, 2.24) is 0 Å². The normalized spacial score (nSPS) is 20.3. The molecular formula is C15H21NO3. The summed E-state index contributed by atoms with van der Waals surface area (Å²) in [6, 6.07) is 4.16. The van der Waals surface area contributed by atoms with E-state index in [9.17, 15) is 0 Å². The zero-order chi connectivity index (χ0) is 13.3. The molecule has 1 fully saturated rings. The van der Waals surface area contributed by atoms with Gasteiger partial charge in [-0.25, -0.2) is 0 Å². The largest absolute Gasteiger partial charge is 0.493 e. The molecule has 0 unspecified atom stereocenters. The van der Waals surface area contributed by atoms with Gasteiger partial charge in [-0.1, -0.05) is 19.3 Å². The third-order valence-corrected chi connectivity index (χ3v) is 4.47. The Hall–Kier alpha value is -1.42. The van der Waals surface area contributed by atoms with E-state index in [1.807, 2.05) is 0 Å². The second-order valence-corrected chi connectivity index (χ2v) is 5.46. The van der Waals surface area contributed by atoms with Crippen molar-refractivity contribution in [3.05, 3.63) is 17.7 Å². The molecule has 1 heterocycles. The molecule has 0 amide bonds. The predicted molar refractivity (Wildman–Crippen MR) is 72.9 cm³/mol. The number of methoxy groups -OCH3 is 1. The van der Waals surface area contributed by atoms with Crippen LogP contribution < -0.4 is 19.9 Å². The maximum atomic E-state index is 6.09. The summed E-state index contributed by atoms with van der Waals surface area (Å²) in [6.07, 6.45) is 6.09. The highest BCUT2D eigenvalue weighted by atomic mass is 16.7. The van der Waals surface area contributed by atoms with E-state index in [-0.39, 0.29) is 12.2 Å². The quantitative estimate of drug-likeness (QED) is 0.910. The van der Waals surface area contributed by atoms with E-state index < -0.39 is 0 Å². The van der Waals surface area contributed by atoms with E-state index in [4.69, 9.17) is 19.9 Å². The minimum absolute atomic E-state index is 0.0759. The topological polar surface area (TPSA) is 53.7 Å². The molecule has 0 radical (unpaired) electrons. The number of rotatable bonds is 3. The molecule has 0 saturated heterocycles. The number of benzene rings is 1. The Morgan fingerprint density at radius 2 is 2.00 bits per heavy atom. The summed E-state index contributed by atoms with van der Waals surface area (Å²) in [5.41, 5.74) is 7.40. The highest BCUT2D eigenvalue weighted by molar-refractivity contribution is 5.56. The number of ether oxygens (including phenoxy) is 3. The molecular weight excluding hydrogens is 242 g/mol. The van der Waals surface area contributed by atoms with Crippen LogP contribution in [-0.4, -0.2) is 20.4 Å². The minimum Gasteiger partial charge on any atom is -0.493 e. The lowest BCUT2D eigenvalue weighted by Gasteiger charge is -2.37. The summed E-state index contributed by atoms with van der Waals surface area (Å²) in [5.74, 6) is 2.25. The Bertz CT molecular complexity index is 467. The average Bonchev–Trinajstić information content (AvgIpc) is 2.95. The van der Waals surface area contributed by atoms with Crippen molar-refractivity contribution >= 4 is 0 Å². The number of hydrogen-bond acceptors (Lipinski definition) is 4. The Balaban J connectivity index is 2.04. The van der Waals surface area contributed by atoms with E-state index in [0.717, 1.165) is 24.3 Å². The second-order valence-electron chi connectivity index (χ2n) is 5.46. The van der Waals surface area contributed by atoms with Gasteiger partial charge in [-0.3, -0.25) is 0 Å². The van der Waals surface area contributed by atoms with Gasteiger partial charge in [0.25, 0.3) is 0 Å². The molecule has 2 N–H and O–H groups in total. The maximum Gasteiger partial charge on any atom is 0.231 e. The van der Waals surface area contributed by atoms with Crippen LogP contribution in [0.5, 0.6) is 17.2 Å². The van der Waals surface area contributed by atoms with Crippen LogP contribution in [0.25, 0.3) is 0 Å². The summed E-state index contributed by atoms with van der Waals surface area (Å²) in [7, 11) is 1.66. The van der Waals surface area contributed by atoms with Crippen LogP contribution in [0, 0.1) is 0 Å². The van der Waals surface area contributed by atoms with E-state index in [0.29, 0.717) is 12.3 Å². The van der Waals surface area contributed by atoms with Crippen LogP contribution in [0.3, 0.4) is 0 Å². The van der Waals surface area contributed by atoms with Gasteiger partial charge < -0.3 is 19.9 Å². The van der Waals surface area contributed by atoms with E-state index in [1.54, 1.807) is 7.11 Å². The Kier molecular flexibility index (Phi) is 3.27. The number of nitrogens with two attached hydrogens (primary N) is 1. The lowest BCUT2D eigenvalue weighted by Crippen LogP contribution is -2.37. The molecule has 3 rings (SSSR count). The monoisotopic (exact) mass is 263 g/mol. The molecule has 2 aliphatic rings. The van der Waals surface area contributed by atoms with E-state index >= 15 is 0 Å². The smallest absolute Gasteiger partial charge is 0.231 e. The Morgan fingerprint density at radius 3 is 2.68 bits per heavy atom. The van der Waals surface area contributed by atoms with Crippen molar-refractivity contribution in [2.45, 2.75) is 37.5 Å². The average molecular weight is 263 g/mol. The molecule has 4 nitrogen and oxygen atoms in total. The summed E-state index contributed by atoms with van der Waals surface area (Å²) < 4.78 is 16.4. The van der Waals surface area contributed by atoms with Crippen molar-refractivity contribution in [1.29, 1.82) is 0 Å². The van der Waals surface area contributed by atoms with Crippen LogP contribution in [0.1, 0.15) is 37.7 Å². The Labute approximate surface area is 113 Å². The fourth-order valence-corrected chi connectivity index (χ4v) is 3.28. The molecule has 0 bridgehead atoms. The fraction of sp³-hybridized carbons (Fsp3) is 0.600. The molecule has 1 aromatic rings. The van der Waals surface area contributed by atoms with Crippen LogP contribution in [-0.2, 0) is 5.41 Å². The van der Waals surface area contributed by atoms with Crippen molar-refractivity contribution in [2.24, 2.45) is 5.73 Å². The van der Waals surface area contributed by atoms with Crippen LogP contribution >= 0.6 is 0 Å². The van der Waals surface area contributed by atoms with Gasteiger partial charge in [0, 0.05) is 12.0 Å². The van der Waals surface area contributed by atoms with Gasteiger partial charge in [-0.15, -0.1) is 0 Å². The van der Waals surface area contributed by atoms with Crippen molar-refractivity contribution < 1.29 is 14.2 Å². The predicted octanol–water partition coefficient (Wildman–Crippen LogP) is 2.58. The maximum absolute atomic E-state index is 6.09. The summed E-state index contributed by atoms with van der Waals surface area (Å²) in [6.45, 7) is 0.945. The highest BCUT2D eigenvalue weighted by Crippen LogP contribution is 2.47. The van der Waals surface area contributed by atoms with Crippen LogP contribution in [0.2, 0.25) is 0 Å². The molecule has 0 spiro atoms. The van der Waals surface area contributed by atoms with Gasteiger partial charge in [-0.05, 0) is 30.5 Å². The lowest BCUT2D eigenvalue weighted by atomic mass is 9.69. The molecule has 104 valence electrons. The van der Waals surface area contributed by atoms with Crippen LogP contribution in [0.15, 0.2) is 12.1 Å². The first-order chi connectivity index (χ1) is 9.29. The van der Waals surface area contributed by atoms with Crippen molar-refractivity contribution in [3.63, 3.8) is 0 Å². The van der Waals surface area contributed by atoms with Gasteiger partial charge in [0.15, 0.2) is 11.5 Å². The summed E-state index contributed by atoms with van der Waals surface area (Å²) in [5, 5.41) is 0. The standard InChI is InChI=1S/C15H21NO3/c1-17-12-7-11(8-13-14(12)19-10-18-13)15(9-16)5-3-2-4-6-15/h7-8H,2-6,9-10,16H2,1H3. The first kappa shape index (κ1) is 12.6. The van der Waals surface area contributed by atoms with Crippen molar-refractivity contribution in [3.8, 4) is 17.2 Å². The van der Waals surface area contributed by atoms with Gasteiger partial charge in [0.2, 0.25) is 12.5 Å².